The average molecular weight is 365 g/mol. The van der Waals surface area contributed by atoms with Gasteiger partial charge < -0.3 is 9.84 Å². The summed E-state index contributed by atoms with van der Waals surface area (Å²) in [6.07, 6.45) is 0. The van der Waals surface area contributed by atoms with Gasteiger partial charge in [-0.3, -0.25) is 4.79 Å². The molecule has 4 aromatic rings. The monoisotopic (exact) mass is 365 g/mol. The van der Waals surface area contributed by atoms with Crippen molar-refractivity contribution in [2.75, 3.05) is 5.32 Å². The van der Waals surface area contributed by atoms with Crippen LogP contribution in [0.3, 0.4) is 0 Å². The van der Waals surface area contributed by atoms with E-state index in [9.17, 15) is 9.18 Å². The Balaban J connectivity index is 1.65. The number of nitrogens with zero attached hydrogens (tertiary/aromatic N) is 2. The van der Waals surface area contributed by atoms with Crippen LogP contribution >= 0.6 is 11.3 Å². The van der Waals surface area contributed by atoms with Crippen molar-refractivity contribution in [1.29, 1.82) is 0 Å². The minimum Gasteiger partial charge on any atom is -0.334 e. The van der Waals surface area contributed by atoms with Gasteiger partial charge in [0.25, 0.3) is 11.8 Å². The van der Waals surface area contributed by atoms with E-state index in [0.29, 0.717) is 17.1 Å². The van der Waals surface area contributed by atoms with Crippen LogP contribution in [0, 0.1) is 5.82 Å². The summed E-state index contributed by atoms with van der Waals surface area (Å²) in [5.41, 5.74) is 0.988. The number of aromatic nitrogens is 2. The number of carbonyl (C=O) groups excluding carboxylic acids is 1. The highest BCUT2D eigenvalue weighted by Crippen LogP contribution is 2.30. The molecule has 0 atom stereocenters. The molecule has 4 rings (SSSR count). The number of nitrogens with one attached hydrogen (secondary N) is 1. The summed E-state index contributed by atoms with van der Waals surface area (Å²) in [7, 11) is 0. The highest BCUT2D eigenvalue weighted by Gasteiger charge is 2.17. The average Bonchev–Trinajstić information content (AvgIpc) is 3.34. The Labute approximate surface area is 152 Å². The third-order valence-electron chi connectivity index (χ3n) is 3.69. The quantitative estimate of drug-likeness (QED) is 0.561. The van der Waals surface area contributed by atoms with Crippen molar-refractivity contribution in [3.05, 3.63) is 77.4 Å². The second-order valence-electron chi connectivity index (χ2n) is 5.38. The van der Waals surface area contributed by atoms with Gasteiger partial charge in [-0.15, -0.1) is 11.3 Å². The van der Waals surface area contributed by atoms with Gasteiger partial charge in [-0.1, -0.05) is 35.5 Å². The lowest BCUT2D eigenvalue weighted by Crippen LogP contribution is -2.14. The summed E-state index contributed by atoms with van der Waals surface area (Å²) < 4.78 is 19.2. The Bertz CT molecular complexity index is 1060. The molecule has 7 heteroatoms. The molecule has 0 aliphatic heterocycles. The van der Waals surface area contributed by atoms with Crippen molar-refractivity contribution in [2.45, 2.75) is 0 Å². The van der Waals surface area contributed by atoms with Gasteiger partial charge in [-0.05, 0) is 35.7 Å². The molecule has 0 fully saturated rings. The van der Waals surface area contributed by atoms with E-state index in [1.54, 1.807) is 30.3 Å². The van der Waals surface area contributed by atoms with Gasteiger partial charge in [0, 0.05) is 0 Å². The predicted molar refractivity (Wildman–Crippen MR) is 97.4 cm³/mol. The molecule has 2 aromatic carbocycles. The summed E-state index contributed by atoms with van der Waals surface area (Å²) in [5, 5.41) is 8.61. The summed E-state index contributed by atoms with van der Waals surface area (Å²) in [5.74, 6) is -0.378. The highest BCUT2D eigenvalue weighted by molar-refractivity contribution is 7.13. The van der Waals surface area contributed by atoms with Gasteiger partial charge in [0.15, 0.2) is 0 Å². The second kappa shape index (κ2) is 6.89. The van der Waals surface area contributed by atoms with Gasteiger partial charge in [-0.25, -0.2) is 4.39 Å². The first kappa shape index (κ1) is 16.2. The molecule has 0 aliphatic carbocycles. The zero-order valence-corrected chi connectivity index (χ0v) is 14.2. The molecule has 0 aliphatic rings. The maximum Gasteiger partial charge on any atom is 0.260 e. The zero-order chi connectivity index (χ0) is 17.9. The lowest BCUT2D eigenvalue weighted by Gasteiger charge is -2.09. The summed E-state index contributed by atoms with van der Waals surface area (Å²) in [4.78, 5) is 17.7. The van der Waals surface area contributed by atoms with Crippen molar-refractivity contribution in [3.8, 4) is 22.2 Å². The molecule has 26 heavy (non-hydrogen) atoms. The smallest absolute Gasteiger partial charge is 0.260 e. The third kappa shape index (κ3) is 3.12. The van der Waals surface area contributed by atoms with Gasteiger partial charge in [0.1, 0.15) is 5.82 Å². The first-order valence-corrected chi connectivity index (χ1v) is 8.63. The van der Waals surface area contributed by atoms with E-state index in [2.05, 4.69) is 15.5 Å². The standard InChI is InChI=1S/C19H12FN3O2S/c20-14-8-3-1-6-12(14)18(24)21-15-9-4-2-7-13(15)19-22-17(23-25-19)16-10-5-11-26-16/h1-11H,(H,21,24). The number of benzene rings is 2. The third-order valence-corrected chi connectivity index (χ3v) is 4.56. The molecular formula is C19H12FN3O2S. The van der Waals surface area contributed by atoms with E-state index in [1.165, 1.54) is 29.5 Å². The van der Waals surface area contributed by atoms with Crippen LogP contribution in [0.4, 0.5) is 10.1 Å². The van der Waals surface area contributed by atoms with Crippen LogP contribution in [0.15, 0.2) is 70.6 Å². The number of amides is 1. The Morgan fingerprint density at radius 1 is 1.04 bits per heavy atom. The topological polar surface area (TPSA) is 68.0 Å². The van der Waals surface area contributed by atoms with Crippen LogP contribution in [-0.2, 0) is 0 Å². The molecule has 1 N–H and O–H groups in total. The Morgan fingerprint density at radius 2 is 1.85 bits per heavy atom. The van der Waals surface area contributed by atoms with Crippen LogP contribution in [0.2, 0.25) is 0 Å². The highest BCUT2D eigenvalue weighted by atomic mass is 32.1. The number of halogens is 1. The maximum atomic E-state index is 13.8. The minimum atomic E-state index is -0.583. The summed E-state index contributed by atoms with van der Waals surface area (Å²) in [6.45, 7) is 0. The van der Waals surface area contributed by atoms with E-state index in [-0.39, 0.29) is 11.5 Å². The van der Waals surface area contributed by atoms with Crippen LogP contribution in [0.5, 0.6) is 0 Å². The molecule has 0 saturated carbocycles. The van der Waals surface area contributed by atoms with E-state index in [0.717, 1.165) is 4.88 Å². The molecule has 0 unspecified atom stereocenters. The number of anilines is 1. The van der Waals surface area contributed by atoms with Gasteiger partial charge in [0.05, 0.1) is 21.7 Å². The van der Waals surface area contributed by atoms with Crippen molar-refractivity contribution >= 4 is 22.9 Å². The molecular weight excluding hydrogens is 353 g/mol. The number of carbonyl (C=O) groups is 1. The Kier molecular flexibility index (Phi) is 4.28. The molecule has 0 spiro atoms. The maximum absolute atomic E-state index is 13.8. The van der Waals surface area contributed by atoms with E-state index >= 15 is 0 Å². The molecule has 2 aromatic heterocycles. The predicted octanol–water partition coefficient (Wildman–Crippen LogP) is 4.86. The molecule has 5 nitrogen and oxygen atoms in total. The SMILES string of the molecule is O=C(Nc1ccccc1-c1nc(-c2cccs2)no1)c1ccccc1F. The Hall–Kier alpha value is -3.32. The molecule has 2 heterocycles. The van der Waals surface area contributed by atoms with Gasteiger partial charge in [0.2, 0.25) is 5.82 Å². The molecule has 128 valence electrons. The zero-order valence-electron chi connectivity index (χ0n) is 13.3. The van der Waals surface area contributed by atoms with E-state index in [4.69, 9.17) is 4.52 Å². The minimum absolute atomic E-state index is 0.0351. The fourth-order valence-electron chi connectivity index (χ4n) is 2.45. The summed E-state index contributed by atoms with van der Waals surface area (Å²) in [6, 6.07) is 16.6. The van der Waals surface area contributed by atoms with Crippen LogP contribution in [-0.4, -0.2) is 16.0 Å². The van der Waals surface area contributed by atoms with E-state index < -0.39 is 11.7 Å². The van der Waals surface area contributed by atoms with Crippen LogP contribution < -0.4 is 5.32 Å². The number of rotatable bonds is 4. The normalized spacial score (nSPS) is 10.7. The van der Waals surface area contributed by atoms with Gasteiger partial charge >= 0.3 is 0 Å². The number of hydrogen-bond acceptors (Lipinski definition) is 5. The second-order valence-corrected chi connectivity index (χ2v) is 6.33. The first-order valence-electron chi connectivity index (χ1n) is 7.75. The first-order chi connectivity index (χ1) is 12.7. The number of thiophene rings is 1. The largest absolute Gasteiger partial charge is 0.334 e. The van der Waals surface area contributed by atoms with Crippen molar-refractivity contribution in [2.24, 2.45) is 0 Å². The molecule has 0 bridgehead atoms. The lowest BCUT2D eigenvalue weighted by atomic mass is 10.1. The fraction of sp³-hybridized carbons (Fsp3) is 0. The molecule has 1 amide bonds. The molecule has 0 radical (unpaired) electrons. The fourth-order valence-corrected chi connectivity index (χ4v) is 3.10. The van der Waals surface area contributed by atoms with Gasteiger partial charge in [-0.2, -0.15) is 4.98 Å². The number of para-hydroxylation sites is 1. The lowest BCUT2D eigenvalue weighted by molar-refractivity contribution is 0.102. The van der Waals surface area contributed by atoms with Crippen molar-refractivity contribution in [3.63, 3.8) is 0 Å². The Morgan fingerprint density at radius 3 is 2.65 bits per heavy atom. The number of hydrogen-bond donors (Lipinski definition) is 1. The van der Waals surface area contributed by atoms with Crippen molar-refractivity contribution < 1.29 is 13.7 Å². The van der Waals surface area contributed by atoms with Crippen LogP contribution in [0.25, 0.3) is 22.2 Å². The van der Waals surface area contributed by atoms with Crippen molar-refractivity contribution in [1.82, 2.24) is 10.1 Å². The molecule has 0 saturated heterocycles. The summed E-state index contributed by atoms with van der Waals surface area (Å²) >= 11 is 1.50. The van der Waals surface area contributed by atoms with E-state index in [1.807, 2.05) is 17.5 Å². The van der Waals surface area contributed by atoms with Crippen LogP contribution in [0.1, 0.15) is 10.4 Å².